The smallest absolute Gasteiger partial charge is 0.328 e. The Bertz CT molecular complexity index is 1010. The summed E-state index contributed by atoms with van der Waals surface area (Å²) < 4.78 is 34.7. The van der Waals surface area contributed by atoms with Crippen LogP contribution >= 0.6 is 23.1 Å². The molecule has 1 aliphatic rings. The number of thiazole rings is 1. The monoisotopic (exact) mass is 499 g/mol. The summed E-state index contributed by atoms with van der Waals surface area (Å²) in [5.41, 5.74) is -1.07. The Balaban J connectivity index is 1.77. The zero-order valence-electron chi connectivity index (χ0n) is 18.7. The molecule has 0 atom stereocenters. The molecule has 2 N–H and O–H groups in total. The summed E-state index contributed by atoms with van der Waals surface area (Å²) >= 11 is 2.52. The SMILES string of the molecule is COc1ccc(N(CC2CCCC2)C(=O)Nc2ncc(SCC(C)(C)C(=O)O)s2)c(F)c1F. The number of carboxylic acid groups (broad SMARTS) is 1. The molecule has 1 aromatic carbocycles. The number of aliphatic carboxylic acids is 1. The number of carboxylic acids is 1. The van der Waals surface area contributed by atoms with Gasteiger partial charge in [-0.15, -0.1) is 11.8 Å². The first kappa shape index (κ1) is 25.2. The minimum Gasteiger partial charge on any atom is -0.494 e. The second-order valence-electron chi connectivity index (χ2n) is 8.57. The Morgan fingerprint density at radius 1 is 1.30 bits per heavy atom. The minimum atomic E-state index is -1.15. The molecule has 11 heteroatoms. The van der Waals surface area contributed by atoms with Crippen LogP contribution in [0.3, 0.4) is 0 Å². The Kier molecular flexibility index (Phi) is 8.17. The molecule has 180 valence electrons. The van der Waals surface area contributed by atoms with E-state index in [9.17, 15) is 23.5 Å². The first-order valence-electron chi connectivity index (χ1n) is 10.5. The van der Waals surface area contributed by atoms with E-state index in [1.165, 1.54) is 47.2 Å². The van der Waals surface area contributed by atoms with Crippen molar-refractivity contribution < 1.29 is 28.2 Å². The topological polar surface area (TPSA) is 91.8 Å². The van der Waals surface area contributed by atoms with Crippen molar-refractivity contribution in [1.82, 2.24) is 4.98 Å². The van der Waals surface area contributed by atoms with Crippen molar-refractivity contribution in [2.45, 2.75) is 43.7 Å². The van der Waals surface area contributed by atoms with Crippen LogP contribution in [0.15, 0.2) is 22.5 Å². The molecule has 0 radical (unpaired) electrons. The summed E-state index contributed by atoms with van der Waals surface area (Å²) in [5.74, 6) is -2.89. The highest BCUT2D eigenvalue weighted by atomic mass is 32.2. The number of ether oxygens (including phenoxy) is 1. The third-order valence-electron chi connectivity index (χ3n) is 5.55. The van der Waals surface area contributed by atoms with Crippen molar-refractivity contribution in [2.75, 3.05) is 29.6 Å². The first-order valence-corrected chi connectivity index (χ1v) is 12.3. The molecular weight excluding hydrogens is 472 g/mol. The first-order chi connectivity index (χ1) is 15.6. The Morgan fingerprint density at radius 3 is 2.64 bits per heavy atom. The Hall–Kier alpha value is -2.40. The predicted molar refractivity (Wildman–Crippen MR) is 125 cm³/mol. The fraction of sp³-hybridized carbons (Fsp3) is 0.500. The number of hydrogen-bond donors (Lipinski definition) is 2. The number of thioether (sulfide) groups is 1. The largest absolute Gasteiger partial charge is 0.494 e. The molecule has 7 nitrogen and oxygen atoms in total. The third kappa shape index (κ3) is 6.14. The fourth-order valence-corrected chi connectivity index (χ4v) is 5.43. The molecule has 1 aromatic heterocycles. The lowest BCUT2D eigenvalue weighted by Crippen LogP contribution is -2.39. The van der Waals surface area contributed by atoms with Gasteiger partial charge in [0.15, 0.2) is 16.7 Å². The standard InChI is InChI=1S/C22H27F2N3O4S2/c1-22(2,19(28)29)12-32-16-10-25-20(33-16)26-21(30)27(11-13-6-4-5-7-13)14-8-9-15(31-3)18(24)17(14)23/h8-10,13H,4-7,11-12H2,1-3H3,(H,28,29)(H,25,26,30). The summed E-state index contributed by atoms with van der Waals surface area (Å²) in [5, 5.41) is 12.2. The van der Waals surface area contributed by atoms with Gasteiger partial charge in [0.05, 0.1) is 28.6 Å². The molecule has 0 aliphatic heterocycles. The summed E-state index contributed by atoms with van der Waals surface area (Å²) in [6.45, 7) is 3.53. The van der Waals surface area contributed by atoms with Gasteiger partial charge in [-0.2, -0.15) is 4.39 Å². The number of benzene rings is 1. The van der Waals surface area contributed by atoms with E-state index in [4.69, 9.17) is 4.74 Å². The van der Waals surface area contributed by atoms with Gasteiger partial charge < -0.3 is 9.84 Å². The molecule has 1 saturated carbocycles. The van der Waals surface area contributed by atoms with Gasteiger partial charge in [-0.05, 0) is 44.7 Å². The second kappa shape index (κ2) is 10.7. The number of urea groups is 1. The van der Waals surface area contributed by atoms with Gasteiger partial charge in [0.25, 0.3) is 0 Å². The van der Waals surface area contributed by atoms with Crippen LogP contribution in [-0.4, -0.2) is 41.5 Å². The number of carbonyl (C=O) groups excluding carboxylic acids is 1. The average Bonchev–Trinajstić information content (AvgIpc) is 3.45. The number of nitrogens with one attached hydrogen (secondary N) is 1. The number of aromatic nitrogens is 1. The number of methoxy groups -OCH3 is 1. The van der Waals surface area contributed by atoms with E-state index >= 15 is 0 Å². The van der Waals surface area contributed by atoms with Gasteiger partial charge in [-0.1, -0.05) is 24.2 Å². The maximum absolute atomic E-state index is 14.8. The molecule has 2 amide bonds. The van der Waals surface area contributed by atoms with E-state index in [2.05, 4.69) is 10.3 Å². The number of hydrogen-bond acceptors (Lipinski definition) is 6. The highest BCUT2D eigenvalue weighted by Gasteiger charge is 2.29. The number of rotatable bonds is 9. The molecule has 1 aliphatic carbocycles. The van der Waals surface area contributed by atoms with E-state index < -0.39 is 29.0 Å². The van der Waals surface area contributed by atoms with E-state index in [-0.39, 0.29) is 23.9 Å². The van der Waals surface area contributed by atoms with Gasteiger partial charge in [0.1, 0.15) is 0 Å². The van der Waals surface area contributed by atoms with E-state index in [0.717, 1.165) is 29.9 Å². The summed E-state index contributed by atoms with van der Waals surface area (Å²) in [6, 6.07) is 2.02. The second-order valence-corrected chi connectivity index (χ2v) is 10.9. The van der Waals surface area contributed by atoms with Gasteiger partial charge >= 0.3 is 12.0 Å². The van der Waals surface area contributed by atoms with Crippen LogP contribution in [0.25, 0.3) is 0 Å². The van der Waals surface area contributed by atoms with Crippen LogP contribution in [0, 0.1) is 23.0 Å². The van der Waals surface area contributed by atoms with Crippen LogP contribution < -0.4 is 15.0 Å². The lowest BCUT2D eigenvalue weighted by Gasteiger charge is -2.26. The van der Waals surface area contributed by atoms with Crippen molar-refractivity contribution in [2.24, 2.45) is 11.3 Å². The van der Waals surface area contributed by atoms with Gasteiger partial charge in [0.2, 0.25) is 5.82 Å². The molecule has 1 fully saturated rings. The van der Waals surface area contributed by atoms with Crippen LogP contribution in [0.5, 0.6) is 5.75 Å². The lowest BCUT2D eigenvalue weighted by molar-refractivity contribution is -0.145. The van der Waals surface area contributed by atoms with Gasteiger partial charge in [-0.3, -0.25) is 15.0 Å². The van der Waals surface area contributed by atoms with Crippen molar-refractivity contribution in [1.29, 1.82) is 0 Å². The Morgan fingerprint density at radius 2 is 2.00 bits per heavy atom. The van der Waals surface area contributed by atoms with Gasteiger partial charge in [-0.25, -0.2) is 14.2 Å². The molecule has 0 bridgehead atoms. The van der Waals surface area contributed by atoms with Crippen molar-refractivity contribution in [3.8, 4) is 5.75 Å². The lowest BCUT2D eigenvalue weighted by atomic mass is 9.97. The summed E-state index contributed by atoms with van der Waals surface area (Å²) in [6.07, 6.45) is 5.47. The highest BCUT2D eigenvalue weighted by molar-refractivity contribution is 8.01. The number of carbonyl (C=O) groups is 2. The van der Waals surface area contributed by atoms with E-state index in [0.29, 0.717) is 10.9 Å². The zero-order chi connectivity index (χ0) is 24.2. The number of anilines is 2. The fourth-order valence-electron chi connectivity index (χ4n) is 3.49. The number of halogens is 2. The number of nitrogens with zero attached hydrogens (tertiary/aromatic N) is 2. The molecule has 33 heavy (non-hydrogen) atoms. The van der Waals surface area contributed by atoms with Gasteiger partial charge in [0, 0.05) is 12.3 Å². The van der Waals surface area contributed by atoms with E-state index in [1.54, 1.807) is 20.0 Å². The maximum atomic E-state index is 14.8. The number of amides is 2. The van der Waals surface area contributed by atoms with Crippen LogP contribution in [0.4, 0.5) is 24.4 Å². The average molecular weight is 500 g/mol. The van der Waals surface area contributed by atoms with Crippen LogP contribution in [0.2, 0.25) is 0 Å². The summed E-state index contributed by atoms with van der Waals surface area (Å²) in [4.78, 5) is 29.8. The van der Waals surface area contributed by atoms with Crippen LogP contribution in [-0.2, 0) is 4.79 Å². The normalized spacial score (nSPS) is 14.3. The maximum Gasteiger partial charge on any atom is 0.328 e. The molecule has 1 heterocycles. The highest BCUT2D eigenvalue weighted by Crippen LogP contribution is 2.35. The predicted octanol–water partition coefficient (Wildman–Crippen LogP) is 5.86. The molecule has 0 unspecified atom stereocenters. The van der Waals surface area contributed by atoms with Crippen molar-refractivity contribution >= 4 is 45.9 Å². The minimum absolute atomic E-state index is 0.160. The van der Waals surface area contributed by atoms with Crippen molar-refractivity contribution in [3.63, 3.8) is 0 Å². The quantitative estimate of drug-likeness (QED) is 0.420. The molecular formula is C22H27F2N3O4S2. The third-order valence-corrected chi connectivity index (χ3v) is 8.12. The Labute approximate surface area is 199 Å². The zero-order valence-corrected chi connectivity index (χ0v) is 20.3. The van der Waals surface area contributed by atoms with E-state index in [1.807, 2.05) is 0 Å². The molecule has 2 aromatic rings. The van der Waals surface area contributed by atoms with Crippen LogP contribution in [0.1, 0.15) is 39.5 Å². The molecule has 0 saturated heterocycles. The van der Waals surface area contributed by atoms with Crippen molar-refractivity contribution in [3.05, 3.63) is 30.0 Å². The molecule has 0 spiro atoms. The molecule has 3 rings (SSSR count). The summed E-state index contributed by atoms with van der Waals surface area (Å²) in [7, 11) is 1.25.